The van der Waals surface area contributed by atoms with Gasteiger partial charge in [0.25, 0.3) is 0 Å². The molecule has 2 heterocycles. The van der Waals surface area contributed by atoms with Crippen LogP contribution in [0.15, 0.2) is 12.1 Å². The molecule has 0 unspecified atom stereocenters. The molecule has 1 fully saturated rings. The van der Waals surface area contributed by atoms with Gasteiger partial charge in [-0.2, -0.15) is 0 Å². The summed E-state index contributed by atoms with van der Waals surface area (Å²) in [5.41, 5.74) is 2.51. The summed E-state index contributed by atoms with van der Waals surface area (Å²) in [4.78, 5) is 7.18. The lowest BCUT2D eigenvalue weighted by molar-refractivity contribution is 0.122. The van der Waals surface area contributed by atoms with Crippen LogP contribution in [0.4, 0.5) is 5.82 Å². The molecule has 1 aromatic heterocycles. The van der Waals surface area contributed by atoms with Crippen LogP contribution in [0.25, 0.3) is 0 Å². The normalized spacial score (nSPS) is 16.0. The molecule has 118 valence electrons. The summed E-state index contributed by atoms with van der Waals surface area (Å²) >= 11 is 0. The third-order valence-electron chi connectivity index (χ3n) is 3.70. The van der Waals surface area contributed by atoms with Crippen molar-refractivity contribution in [2.24, 2.45) is 5.92 Å². The first-order valence-corrected chi connectivity index (χ1v) is 8.10. The van der Waals surface area contributed by atoms with Gasteiger partial charge in [-0.25, -0.2) is 4.98 Å². The largest absolute Gasteiger partial charge is 0.378 e. The van der Waals surface area contributed by atoms with E-state index in [1.807, 2.05) is 0 Å². The van der Waals surface area contributed by atoms with E-state index in [-0.39, 0.29) is 0 Å². The number of ether oxygens (including phenoxy) is 1. The monoisotopic (exact) mass is 291 g/mol. The Kier molecular flexibility index (Phi) is 6.00. The van der Waals surface area contributed by atoms with Crippen LogP contribution in [-0.2, 0) is 11.3 Å². The lowest BCUT2D eigenvalue weighted by Crippen LogP contribution is -2.37. The second kappa shape index (κ2) is 7.76. The number of pyridine rings is 1. The number of nitrogens with one attached hydrogen (secondary N) is 1. The Morgan fingerprint density at radius 3 is 2.52 bits per heavy atom. The molecule has 0 spiro atoms. The van der Waals surface area contributed by atoms with Crippen LogP contribution in [-0.4, -0.2) is 37.8 Å². The maximum absolute atomic E-state index is 5.44. The molecule has 0 radical (unpaired) electrons. The van der Waals surface area contributed by atoms with Crippen LogP contribution in [0.5, 0.6) is 0 Å². The fourth-order valence-electron chi connectivity index (χ4n) is 2.45. The van der Waals surface area contributed by atoms with E-state index in [4.69, 9.17) is 9.72 Å². The van der Waals surface area contributed by atoms with E-state index in [9.17, 15) is 0 Å². The minimum Gasteiger partial charge on any atom is -0.378 e. The zero-order valence-electron chi connectivity index (χ0n) is 13.9. The van der Waals surface area contributed by atoms with E-state index in [0.29, 0.717) is 11.8 Å². The predicted octanol–water partition coefficient (Wildman–Crippen LogP) is 2.79. The zero-order chi connectivity index (χ0) is 15.2. The van der Waals surface area contributed by atoms with Crippen molar-refractivity contribution in [1.82, 2.24) is 10.3 Å². The molecule has 0 aromatic carbocycles. The van der Waals surface area contributed by atoms with Crippen molar-refractivity contribution in [2.45, 2.75) is 40.2 Å². The van der Waals surface area contributed by atoms with Crippen molar-refractivity contribution in [3.05, 3.63) is 23.4 Å². The highest BCUT2D eigenvalue weighted by Crippen LogP contribution is 2.21. The van der Waals surface area contributed by atoms with Gasteiger partial charge >= 0.3 is 0 Å². The molecule has 1 N–H and O–H groups in total. The summed E-state index contributed by atoms with van der Waals surface area (Å²) in [6.07, 6.45) is 0. The second-order valence-corrected chi connectivity index (χ2v) is 6.54. The predicted molar refractivity (Wildman–Crippen MR) is 87.9 cm³/mol. The molecule has 1 aliphatic rings. The summed E-state index contributed by atoms with van der Waals surface area (Å²) in [6.45, 7) is 14.3. The highest BCUT2D eigenvalue weighted by molar-refractivity contribution is 5.43. The van der Waals surface area contributed by atoms with E-state index < -0.39 is 0 Å². The van der Waals surface area contributed by atoms with Gasteiger partial charge in [0.2, 0.25) is 0 Å². The molecule has 1 aliphatic heterocycles. The molecule has 0 atom stereocenters. The van der Waals surface area contributed by atoms with Gasteiger partial charge in [0.05, 0.1) is 13.2 Å². The molecule has 21 heavy (non-hydrogen) atoms. The van der Waals surface area contributed by atoms with Crippen LogP contribution in [0, 0.1) is 5.92 Å². The van der Waals surface area contributed by atoms with Gasteiger partial charge in [-0.1, -0.05) is 27.7 Å². The first-order chi connectivity index (χ1) is 10.1. The van der Waals surface area contributed by atoms with Gasteiger partial charge in [0, 0.05) is 25.3 Å². The molecular formula is C17H29N3O. The molecular weight excluding hydrogens is 262 g/mol. The maximum Gasteiger partial charge on any atom is 0.129 e. The van der Waals surface area contributed by atoms with Crippen LogP contribution >= 0.6 is 0 Å². The van der Waals surface area contributed by atoms with E-state index >= 15 is 0 Å². The van der Waals surface area contributed by atoms with Gasteiger partial charge in [-0.3, -0.25) is 0 Å². The molecule has 0 amide bonds. The first kappa shape index (κ1) is 16.2. The minimum atomic E-state index is 0.454. The van der Waals surface area contributed by atoms with E-state index in [0.717, 1.165) is 45.2 Å². The first-order valence-electron chi connectivity index (χ1n) is 8.10. The summed E-state index contributed by atoms with van der Waals surface area (Å²) in [5, 5.41) is 3.53. The van der Waals surface area contributed by atoms with Crippen LogP contribution < -0.4 is 10.2 Å². The van der Waals surface area contributed by atoms with E-state index in [1.165, 1.54) is 11.3 Å². The topological polar surface area (TPSA) is 37.4 Å². The Bertz CT molecular complexity index is 440. The van der Waals surface area contributed by atoms with Crippen LogP contribution in [0.2, 0.25) is 0 Å². The third-order valence-corrected chi connectivity index (χ3v) is 3.70. The summed E-state index contributed by atoms with van der Waals surface area (Å²) in [7, 11) is 0. The number of aromatic nitrogens is 1. The number of hydrogen-bond acceptors (Lipinski definition) is 4. The molecule has 1 aromatic rings. The van der Waals surface area contributed by atoms with Gasteiger partial charge in [-0.05, 0) is 36.1 Å². The summed E-state index contributed by atoms with van der Waals surface area (Å²) in [6, 6.07) is 4.46. The zero-order valence-corrected chi connectivity index (χ0v) is 13.9. The smallest absolute Gasteiger partial charge is 0.129 e. The lowest BCUT2D eigenvalue weighted by atomic mass is 10.1. The molecule has 4 heteroatoms. The number of nitrogens with zero attached hydrogens (tertiary/aromatic N) is 2. The SMILES string of the molecule is CC(C)CNCc1cc(C(C)C)nc(N2CCOCC2)c1. The number of rotatable bonds is 6. The summed E-state index contributed by atoms with van der Waals surface area (Å²) < 4.78 is 5.44. The van der Waals surface area contributed by atoms with Gasteiger partial charge in [0.15, 0.2) is 0 Å². The van der Waals surface area contributed by atoms with E-state index in [2.05, 4.69) is 50.0 Å². The molecule has 0 bridgehead atoms. The van der Waals surface area contributed by atoms with Gasteiger partial charge in [0.1, 0.15) is 5.82 Å². The van der Waals surface area contributed by atoms with Crippen molar-refractivity contribution in [1.29, 1.82) is 0 Å². The average Bonchev–Trinajstić information content (AvgIpc) is 2.47. The number of morpholine rings is 1. The third kappa shape index (κ3) is 4.97. The Hall–Kier alpha value is -1.13. The van der Waals surface area contributed by atoms with Crippen molar-refractivity contribution >= 4 is 5.82 Å². The molecule has 0 aliphatic carbocycles. The second-order valence-electron chi connectivity index (χ2n) is 6.54. The van der Waals surface area contributed by atoms with Gasteiger partial charge < -0.3 is 15.0 Å². The van der Waals surface area contributed by atoms with Crippen LogP contribution in [0.3, 0.4) is 0 Å². The van der Waals surface area contributed by atoms with Crippen molar-refractivity contribution < 1.29 is 4.74 Å². The maximum atomic E-state index is 5.44. The summed E-state index contributed by atoms with van der Waals surface area (Å²) in [5.74, 6) is 2.23. The lowest BCUT2D eigenvalue weighted by Gasteiger charge is -2.29. The van der Waals surface area contributed by atoms with E-state index in [1.54, 1.807) is 0 Å². The van der Waals surface area contributed by atoms with Crippen LogP contribution in [0.1, 0.15) is 44.9 Å². The standard InChI is InChI=1S/C17H29N3O/c1-13(2)11-18-12-15-9-16(14(3)4)19-17(10-15)20-5-7-21-8-6-20/h9-10,13-14,18H,5-8,11-12H2,1-4H3. The minimum absolute atomic E-state index is 0.454. The molecule has 1 saturated heterocycles. The fourth-order valence-corrected chi connectivity index (χ4v) is 2.45. The fraction of sp³-hybridized carbons (Fsp3) is 0.706. The van der Waals surface area contributed by atoms with Crippen molar-refractivity contribution in [2.75, 3.05) is 37.7 Å². The number of hydrogen-bond donors (Lipinski definition) is 1. The Morgan fingerprint density at radius 2 is 1.90 bits per heavy atom. The highest BCUT2D eigenvalue weighted by atomic mass is 16.5. The molecule has 4 nitrogen and oxygen atoms in total. The number of anilines is 1. The van der Waals surface area contributed by atoms with Crippen molar-refractivity contribution in [3.63, 3.8) is 0 Å². The Labute approximate surface area is 128 Å². The Balaban J connectivity index is 2.13. The molecule has 2 rings (SSSR count). The average molecular weight is 291 g/mol. The molecule has 0 saturated carbocycles. The Morgan fingerprint density at radius 1 is 1.19 bits per heavy atom. The quantitative estimate of drug-likeness (QED) is 0.874. The van der Waals surface area contributed by atoms with Gasteiger partial charge in [-0.15, -0.1) is 0 Å². The highest BCUT2D eigenvalue weighted by Gasteiger charge is 2.15. The van der Waals surface area contributed by atoms with Crippen molar-refractivity contribution in [3.8, 4) is 0 Å².